The van der Waals surface area contributed by atoms with Gasteiger partial charge in [-0.05, 0) is 17.5 Å². The Balaban J connectivity index is 1.48. The van der Waals surface area contributed by atoms with Gasteiger partial charge >= 0.3 is 0 Å². The van der Waals surface area contributed by atoms with E-state index < -0.39 is 11.7 Å². The molecule has 0 spiro atoms. The van der Waals surface area contributed by atoms with Gasteiger partial charge in [0.15, 0.2) is 0 Å². The summed E-state index contributed by atoms with van der Waals surface area (Å²) in [6.07, 6.45) is 0. The lowest BCUT2D eigenvalue weighted by Gasteiger charge is -2.26. The van der Waals surface area contributed by atoms with Crippen molar-refractivity contribution < 1.29 is 23.6 Å². The van der Waals surface area contributed by atoms with E-state index in [1.807, 2.05) is 45.0 Å². The lowest BCUT2D eigenvalue weighted by molar-refractivity contribution is -0.112. The molecule has 0 unspecified atom stereocenters. The molecule has 174 valence electrons. The highest BCUT2D eigenvalue weighted by Crippen LogP contribution is 2.29. The Morgan fingerprint density at radius 3 is 2.52 bits per heavy atom. The summed E-state index contributed by atoms with van der Waals surface area (Å²) in [6, 6.07) is 12.4. The lowest BCUT2D eigenvalue weighted by atomic mass is 9.92. The minimum atomic E-state index is -0.780. The Bertz CT molecular complexity index is 1140. The molecule has 0 atom stereocenters. The van der Waals surface area contributed by atoms with Crippen LogP contribution in [0, 0.1) is 0 Å². The highest BCUT2D eigenvalue weighted by molar-refractivity contribution is 6.48. The monoisotopic (exact) mass is 451 g/mol. The molecule has 4 rings (SSSR count). The van der Waals surface area contributed by atoms with E-state index in [2.05, 4.69) is 15.4 Å². The molecule has 0 bridgehead atoms. The van der Waals surface area contributed by atoms with Crippen LogP contribution in [0.25, 0.3) is 10.8 Å². The zero-order chi connectivity index (χ0) is 23.4. The number of benzene rings is 2. The quantitative estimate of drug-likeness (QED) is 0.433. The maximum absolute atomic E-state index is 13.0. The van der Waals surface area contributed by atoms with Crippen LogP contribution in [0.4, 0.5) is 5.88 Å². The summed E-state index contributed by atoms with van der Waals surface area (Å²) in [5, 5.41) is 7.93. The van der Waals surface area contributed by atoms with E-state index in [4.69, 9.17) is 14.0 Å². The van der Waals surface area contributed by atoms with E-state index in [-0.39, 0.29) is 11.3 Å². The number of hydrogen-bond donors (Lipinski definition) is 1. The van der Waals surface area contributed by atoms with Crippen LogP contribution in [-0.4, -0.2) is 61.2 Å². The van der Waals surface area contributed by atoms with Crippen molar-refractivity contribution in [2.24, 2.45) is 0 Å². The third kappa shape index (κ3) is 5.40. The fraction of sp³-hybridized carbons (Fsp3) is 0.400. The van der Waals surface area contributed by atoms with Crippen molar-refractivity contribution in [3.63, 3.8) is 0 Å². The molecule has 1 aliphatic heterocycles. The Hall–Kier alpha value is -3.23. The molecular weight excluding hydrogens is 422 g/mol. The number of aromatic nitrogens is 1. The summed E-state index contributed by atoms with van der Waals surface area (Å²) >= 11 is 0. The van der Waals surface area contributed by atoms with E-state index in [1.54, 1.807) is 18.2 Å². The number of anilines is 1. The van der Waals surface area contributed by atoms with Crippen molar-refractivity contribution in [1.82, 2.24) is 10.1 Å². The number of ether oxygens (including phenoxy) is 2. The van der Waals surface area contributed by atoms with Crippen LogP contribution in [0.15, 0.2) is 47.0 Å². The van der Waals surface area contributed by atoms with Gasteiger partial charge in [0.25, 0.3) is 11.7 Å². The number of nitrogens with one attached hydrogen (secondary N) is 1. The van der Waals surface area contributed by atoms with E-state index in [9.17, 15) is 9.59 Å². The van der Waals surface area contributed by atoms with Crippen molar-refractivity contribution in [2.75, 3.05) is 44.8 Å². The van der Waals surface area contributed by atoms with Crippen LogP contribution in [0.5, 0.6) is 5.75 Å². The molecule has 33 heavy (non-hydrogen) atoms. The number of hydrogen-bond acceptors (Lipinski definition) is 7. The summed E-state index contributed by atoms with van der Waals surface area (Å²) in [7, 11) is 0. The second kappa shape index (κ2) is 9.72. The molecule has 0 aliphatic carbocycles. The summed E-state index contributed by atoms with van der Waals surface area (Å²) in [5.41, 5.74) is 0.762. The Labute approximate surface area is 192 Å². The second-order valence-corrected chi connectivity index (χ2v) is 9.07. The zero-order valence-electron chi connectivity index (χ0n) is 19.2. The van der Waals surface area contributed by atoms with E-state index in [0.717, 1.165) is 38.2 Å². The minimum absolute atomic E-state index is 0.144. The van der Waals surface area contributed by atoms with Gasteiger partial charge in [0.2, 0.25) is 5.88 Å². The number of rotatable bonds is 7. The molecule has 1 N–H and O–H groups in total. The van der Waals surface area contributed by atoms with Gasteiger partial charge in [0.1, 0.15) is 12.4 Å². The van der Waals surface area contributed by atoms with Crippen LogP contribution in [0.2, 0.25) is 0 Å². The Kier molecular flexibility index (Phi) is 6.76. The lowest BCUT2D eigenvalue weighted by Crippen LogP contribution is -2.38. The van der Waals surface area contributed by atoms with Crippen LogP contribution < -0.4 is 10.1 Å². The van der Waals surface area contributed by atoms with Gasteiger partial charge in [-0.25, -0.2) is 0 Å². The number of carbonyl (C=O) groups excluding carboxylic acids is 2. The van der Waals surface area contributed by atoms with Gasteiger partial charge in [-0.2, -0.15) is 0 Å². The second-order valence-electron chi connectivity index (χ2n) is 9.07. The van der Waals surface area contributed by atoms with Crippen molar-refractivity contribution in [3.05, 3.63) is 53.7 Å². The van der Waals surface area contributed by atoms with E-state index >= 15 is 0 Å². The predicted molar refractivity (Wildman–Crippen MR) is 125 cm³/mol. The summed E-state index contributed by atoms with van der Waals surface area (Å²) in [4.78, 5) is 27.9. The van der Waals surface area contributed by atoms with Crippen LogP contribution in [-0.2, 0) is 14.9 Å². The van der Waals surface area contributed by atoms with Crippen LogP contribution >= 0.6 is 0 Å². The third-order valence-electron chi connectivity index (χ3n) is 5.62. The van der Waals surface area contributed by atoms with Gasteiger partial charge in [-0.1, -0.05) is 50.2 Å². The Morgan fingerprint density at radius 1 is 1.09 bits per heavy atom. The number of ketones is 1. The first-order chi connectivity index (χ1) is 15.8. The first kappa shape index (κ1) is 22.9. The predicted octanol–water partition coefficient (Wildman–Crippen LogP) is 3.66. The fourth-order valence-electron chi connectivity index (χ4n) is 3.68. The molecule has 1 aliphatic rings. The largest absolute Gasteiger partial charge is 0.492 e. The van der Waals surface area contributed by atoms with Crippen molar-refractivity contribution >= 4 is 28.3 Å². The molecule has 2 heterocycles. The van der Waals surface area contributed by atoms with E-state index in [0.29, 0.717) is 29.0 Å². The van der Waals surface area contributed by atoms with Crippen molar-refractivity contribution in [2.45, 2.75) is 26.2 Å². The SMILES string of the molecule is CC(C)(C)c1cc(NC(=O)C(=O)c2ccc(OCCN3CCOCC3)c3ccccc23)on1. The summed E-state index contributed by atoms with van der Waals surface area (Å²) in [6.45, 7) is 10.6. The van der Waals surface area contributed by atoms with Gasteiger partial charge < -0.3 is 14.0 Å². The molecule has 1 fully saturated rings. The van der Waals surface area contributed by atoms with Crippen molar-refractivity contribution in [1.29, 1.82) is 0 Å². The fourth-order valence-corrected chi connectivity index (χ4v) is 3.68. The Morgan fingerprint density at radius 2 is 1.82 bits per heavy atom. The van der Waals surface area contributed by atoms with Crippen LogP contribution in [0.1, 0.15) is 36.8 Å². The molecule has 0 saturated carbocycles. The molecule has 1 amide bonds. The molecule has 0 radical (unpaired) electrons. The zero-order valence-corrected chi connectivity index (χ0v) is 19.2. The highest BCUT2D eigenvalue weighted by Gasteiger charge is 2.24. The van der Waals surface area contributed by atoms with Crippen molar-refractivity contribution in [3.8, 4) is 5.75 Å². The third-order valence-corrected chi connectivity index (χ3v) is 5.62. The molecule has 1 saturated heterocycles. The normalized spacial score (nSPS) is 14.9. The van der Waals surface area contributed by atoms with Gasteiger partial charge in [0.05, 0.1) is 18.9 Å². The van der Waals surface area contributed by atoms with Gasteiger partial charge in [0, 0.05) is 42.1 Å². The summed E-state index contributed by atoms with van der Waals surface area (Å²) < 4.78 is 16.6. The number of amides is 1. The van der Waals surface area contributed by atoms with Gasteiger partial charge in [-0.3, -0.25) is 19.8 Å². The maximum atomic E-state index is 13.0. The maximum Gasteiger partial charge on any atom is 0.299 e. The minimum Gasteiger partial charge on any atom is -0.492 e. The number of carbonyl (C=O) groups is 2. The molecule has 3 aromatic rings. The highest BCUT2D eigenvalue weighted by atomic mass is 16.5. The standard InChI is InChI=1S/C25H29N3O5/c1-25(2,3)21-16-22(33-27-21)26-24(30)23(29)19-8-9-20(18-7-5-4-6-17(18)19)32-15-12-28-10-13-31-14-11-28/h4-9,16H,10-15H2,1-3H3,(H,26,30). The van der Waals surface area contributed by atoms with Gasteiger partial charge in [-0.15, -0.1) is 0 Å². The number of Topliss-reactive ketones (excluding diaryl/α,β-unsaturated/α-hetero) is 1. The smallest absolute Gasteiger partial charge is 0.299 e. The average molecular weight is 452 g/mol. The first-order valence-electron chi connectivity index (χ1n) is 11.1. The van der Waals surface area contributed by atoms with E-state index in [1.165, 1.54) is 0 Å². The number of nitrogens with zero attached hydrogens (tertiary/aromatic N) is 2. The molecule has 8 nitrogen and oxygen atoms in total. The van der Waals surface area contributed by atoms with Crippen LogP contribution in [0.3, 0.4) is 0 Å². The molecule has 1 aromatic heterocycles. The molecule has 8 heteroatoms. The molecular formula is C25H29N3O5. The topological polar surface area (TPSA) is 93.9 Å². The first-order valence-corrected chi connectivity index (χ1v) is 11.1. The number of morpholine rings is 1. The number of fused-ring (bicyclic) bond motifs is 1. The summed E-state index contributed by atoms with van der Waals surface area (Å²) in [5.74, 6) is -0.607. The average Bonchev–Trinajstić information content (AvgIpc) is 3.28. The molecule has 2 aromatic carbocycles.